The largest absolute Gasteiger partial charge is 0.479 e. The van der Waals surface area contributed by atoms with Crippen LogP contribution in [0.25, 0.3) is 0 Å². The smallest absolute Gasteiger partial charge is 0.347 e. The highest BCUT2D eigenvalue weighted by atomic mass is 35.5. The van der Waals surface area contributed by atoms with Gasteiger partial charge in [-0.15, -0.1) is 0 Å². The van der Waals surface area contributed by atoms with Gasteiger partial charge in [-0.2, -0.15) is 0 Å². The second-order valence-electron chi connectivity index (χ2n) is 5.34. The molecule has 1 amide bonds. The lowest BCUT2D eigenvalue weighted by Crippen LogP contribution is -2.33. The lowest BCUT2D eigenvalue weighted by molar-refractivity contribution is -0.155. The van der Waals surface area contributed by atoms with Crippen molar-refractivity contribution >= 4 is 23.5 Å². The number of hydrogen-bond acceptors (Lipinski definition) is 4. The van der Waals surface area contributed by atoms with Crippen LogP contribution in [0.1, 0.15) is 18.9 Å². The Morgan fingerprint density at radius 2 is 1.76 bits per heavy atom. The SMILES string of the molecule is CC[C@H](Oc1ccccc1)C(=O)OCC(=O)NCc1ccc(Cl)cc1. The maximum absolute atomic E-state index is 12.1. The first-order chi connectivity index (χ1) is 12.1. The lowest BCUT2D eigenvalue weighted by Gasteiger charge is -2.16. The molecule has 0 saturated heterocycles. The Bertz CT molecular complexity index is 688. The summed E-state index contributed by atoms with van der Waals surface area (Å²) in [6, 6.07) is 16.1. The van der Waals surface area contributed by atoms with Crippen molar-refractivity contribution in [3.8, 4) is 5.75 Å². The zero-order valence-electron chi connectivity index (χ0n) is 13.9. The third kappa shape index (κ3) is 6.47. The highest BCUT2D eigenvalue weighted by Gasteiger charge is 2.21. The monoisotopic (exact) mass is 361 g/mol. The van der Waals surface area contributed by atoms with Crippen LogP contribution in [0.2, 0.25) is 5.02 Å². The molecule has 2 aromatic rings. The number of esters is 1. The van der Waals surface area contributed by atoms with Gasteiger partial charge in [0.1, 0.15) is 5.75 Å². The van der Waals surface area contributed by atoms with E-state index in [0.29, 0.717) is 23.7 Å². The molecule has 1 atom stereocenters. The standard InChI is InChI=1S/C19H20ClNO4/c1-2-17(25-16-6-4-3-5-7-16)19(23)24-13-18(22)21-12-14-8-10-15(20)11-9-14/h3-11,17H,2,12-13H2,1H3,(H,21,22)/t17-/m0/s1. The summed E-state index contributed by atoms with van der Waals surface area (Å²) in [6.45, 7) is 1.81. The van der Waals surface area contributed by atoms with Gasteiger partial charge in [-0.3, -0.25) is 4.79 Å². The summed E-state index contributed by atoms with van der Waals surface area (Å²) < 4.78 is 10.6. The van der Waals surface area contributed by atoms with E-state index in [9.17, 15) is 9.59 Å². The fraction of sp³-hybridized carbons (Fsp3) is 0.263. The Morgan fingerprint density at radius 3 is 2.40 bits per heavy atom. The molecule has 2 aromatic carbocycles. The predicted molar refractivity (Wildman–Crippen MR) is 95.4 cm³/mol. The van der Waals surface area contributed by atoms with E-state index >= 15 is 0 Å². The van der Waals surface area contributed by atoms with Crippen LogP contribution < -0.4 is 10.1 Å². The van der Waals surface area contributed by atoms with Gasteiger partial charge in [0.25, 0.3) is 5.91 Å². The van der Waals surface area contributed by atoms with Crippen molar-refractivity contribution in [3.63, 3.8) is 0 Å². The van der Waals surface area contributed by atoms with Gasteiger partial charge in [0.05, 0.1) is 0 Å². The van der Waals surface area contributed by atoms with Crippen molar-refractivity contribution in [3.05, 3.63) is 65.2 Å². The summed E-state index contributed by atoms with van der Waals surface area (Å²) in [6.07, 6.45) is -0.299. The molecule has 0 spiro atoms. The van der Waals surface area contributed by atoms with E-state index in [1.165, 1.54) is 0 Å². The minimum Gasteiger partial charge on any atom is -0.479 e. The van der Waals surface area contributed by atoms with E-state index in [0.717, 1.165) is 5.56 Å². The van der Waals surface area contributed by atoms with Crippen molar-refractivity contribution in [1.82, 2.24) is 5.32 Å². The minimum absolute atomic E-state index is 0.339. The van der Waals surface area contributed by atoms with Gasteiger partial charge >= 0.3 is 5.97 Å². The molecule has 0 aliphatic carbocycles. The van der Waals surface area contributed by atoms with E-state index in [2.05, 4.69) is 5.32 Å². The highest BCUT2D eigenvalue weighted by Crippen LogP contribution is 2.13. The van der Waals surface area contributed by atoms with Gasteiger partial charge in [0.2, 0.25) is 0 Å². The van der Waals surface area contributed by atoms with Crippen LogP contribution in [-0.4, -0.2) is 24.6 Å². The molecule has 0 fully saturated rings. The topological polar surface area (TPSA) is 64.6 Å². The van der Waals surface area contributed by atoms with Crippen molar-refractivity contribution in [2.75, 3.05) is 6.61 Å². The number of ether oxygens (including phenoxy) is 2. The average molecular weight is 362 g/mol. The van der Waals surface area contributed by atoms with Gasteiger partial charge in [0, 0.05) is 11.6 Å². The van der Waals surface area contributed by atoms with Crippen molar-refractivity contribution in [1.29, 1.82) is 0 Å². The number of carbonyl (C=O) groups excluding carboxylic acids is 2. The van der Waals surface area contributed by atoms with Crippen LogP contribution >= 0.6 is 11.6 Å². The molecule has 5 nitrogen and oxygen atoms in total. The number of nitrogens with one attached hydrogen (secondary N) is 1. The van der Waals surface area contributed by atoms with Gasteiger partial charge in [-0.05, 0) is 36.2 Å². The summed E-state index contributed by atoms with van der Waals surface area (Å²) in [7, 11) is 0. The molecule has 0 aromatic heterocycles. The number of benzene rings is 2. The molecule has 0 aliphatic rings. The molecule has 0 unspecified atom stereocenters. The van der Waals surface area contributed by atoms with E-state index in [-0.39, 0.29) is 12.5 Å². The zero-order valence-corrected chi connectivity index (χ0v) is 14.7. The summed E-state index contributed by atoms with van der Waals surface area (Å²) in [5.41, 5.74) is 0.905. The Balaban J connectivity index is 1.75. The molecule has 0 saturated carbocycles. The van der Waals surface area contributed by atoms with Crippen LogP contribution in [0.5, 0.6) is 5.75 Å². The molecule has 0 radical (unpaired) electrons. The fourth-order valence-electron chi connectivity index (χ4n) is 2.04. The molecule has 6 heteroatoms. The summed E-state index contributed by atoms with van der Waals surface area (Å²) >= 11 is 5.80. The van der Waals surface area contributed by atoms with E-state index < -0.39 is 12.1 Å². The van der Waals surface area contributed by atoms with Crippen molar-refractivity contribution < 1.29 is 19.1 Å². The Labute approximate surface area is 151 Å². The van der Waals surface area contributed by atoms with Crippen molar-refractivity contribution in [2.45, 2.75) is 26.0 Å². The van der Waals surface area contributed by atoms with Gasteiger partial charge in [-0.25, -0.2) is 4.79 Å². The maximum Gasteiger partial charge on any atom is 0.347 e. The van der Waals surface area contributed by atoms with Crippen LogP contribution in [0.4, 0.5) is 0 Å². The Kier molecular flexibility index (Phi) is 7.29. The molecule has 0 aliphatic heterocycles. The van der Waals surface area contributed by atoms with Crippen LogP contribution in [-0.2, 0) is 20.9 Å². The second-order valence-corrected chi connectivity index (χ2v) is 5.78. The quantitative estimate of drug-likeness (QED) is 0.732. The molecule has 2 rings (SSSR count). The fourth-order valence-corrected chi connectivity index (χ4v) is 2.17. The normalized spacial score (nSPS) is 11.4. The molecule has 0 bridgehead atoms. The molecule has 25 heavy (non-hydrogen) atoms. The molecular formula is C19H20ClNO4. The number of halogens is 1. The van der Waals surface area contributed by atoms with Gasteiger partial charge in [0.15, 0.2) is 12.7 Å². The Morgan fingerprint density at radius 1 is 1.08 bits per heavy atom. The number of carbonyl (C=O) groups is 2. The summed E-state index contributed by atoms with van der Waals surface area (Å²) in [4.78, 5) is 23.9. The Hall–Kier alpha value is -2.53. The number of hydrogen-bond donors (Lipinski definition) is 1. The first-order valence-corrected chi connectivity index (χ1v) is 8.35. The van der Waals surface area contributed by atoms with E-state index in [1.54, 1.807) is 24.3 Å². The minimum atomic E-state index is -0.744. The molecule has 0 heterocycles. The molecule has 132 valence electrons. The maximum atomic E-state index is 12.1. The lowest BCUT2D eigenvalue weighted by atomic mass is 10.2. The number of rotatable bonds is 8. The first-order valence-electron chi connectivity index (χ1n) is 7.98. The van der Waals surface area contributed by atoms with Gasteiger partial charge < -0.3 is 14.8 Å². The third-order valence-corrected chi connectivity index (χ3v) is 3.66. The average Bonchev–Trinajstić information content (AvgIpc) is 2.64. The first kappa shape index (κ1) is 18.8. The zero-order chi connectivity index (χ0) is 18.1. The number of para-hydroxylation sites is 1. The third-order valence-electron chi connectivity index (χ3n) is 3.40. The van der Waals surface area contributed by atoms with E-state index in [1.807, 2.05) is 37.3 Å². The number of amides is 1. The van der Waals surface area contributed by atoms with Crippen LogP contribution in [0.3, 0.4) is 0 Å². The highest BCUT2D eigenvalue weighted by molar-refractivity contribution is 6.30. The van der Waals surface area contributed by atoms with E-state index in [4.69, 9.17) is 21.1 Å². The van der Waals surface area contributed by atoms with Gasteiger partial charge in [-0.1, -0.05) is 48.9 Å². The predicted octanol–water partition coefficient (Wildman–Crippen LogP) is 3.36. The van der Waals surface area contributed by atoms with Crippen LogP contribution in [0.15, 0.2) is 54.6 Å². The summed E-state index contributed by atoms with van der Waals surface area (Å²) in [5.74, 6) is -0.357. The van der Waals surface area contributed by atoms with Crippen molar-refractivity contribution in [2.24, 2.45) is 0 Å². The molecular weight excluding hydrogens is 342 g/mol. The van der Waals surface area contributed by atoms with Crippen LogP contribution in [0, 0.1) is 0 Å². The summed E-state index contributed by atoms with van der Waals surface area (Å²) in [5, 5.41) is 3.31. The molecule has 1 N–H and O–H groups in total. The second kappa shape index (κ2) is 9.69.